The van der Waals surface area contributed by atoms with Gasteiger partial charge in [-0.15, -0.1) is 0 Å². The minimum Gasteiger partial charge on any atom is -0.490 e. The van der Waals surface area contributed by atoms with Crippen molar-refractivity contribution in [1.82, 2.24) is 0 Å². The predicted molar refractivity (Wildman–Crippen MR) is 84.1 cm³/mol. The first kappa shape index (κ1) is 14.0. The van der Waals surface area contributed by atoms with E-state index in [1.54, 1.807) is 17.0 Å². The second-order valence-corrected chi connectivity index (χ2v) is 5.43. The van der Waals surface area contributed by atoms with Gasteiger partial charge in [0, 0.05) is 11.4 Å². The first-order valence-electron chi connectivity index (χ1n) is 7.01. The van der Waals surface area contributed by atoms with Crippen LogP contribution in [-0.4, -0.2) is 19.1 Å². The Balaban J connectivity index is 1.73. The minimum absolute atomic E-state index is 0.102. The molecule has 0 spiro atoms. The zero-order valence-electron chi connectivity index (χ0n) is 11.6. The highest BCUT2D eigenvalue weighted by Crippen LogP contribution is 2.34. The number of ether oxygens (including phenoxy) is 1. The second-order valence-electron chi connectivity index (χ2n) is 4.99. The number of fused-ring (bicyclic) bond motifs is 1. The zero-order valence-corrected chi connectivity index (χ0v) is 12.3. The fourth-order valence-electron chi connectivity index (χ4n) is 2.48. The topological polar surface area (TPSA) is 29.5 Å². The van der Waals surface area contributed by atoms with Crippen LogP contribution in [0, 0.1) is 0 Å². The Morgan fingerprint density at radius 3 is 2.81 bits per heavy atom. The molecule has 2 aromatic rings. The average Bonchev–Trinajstić information content (AvgIpc) is 2.53. The fourth-order valence-corrected chi connectivity index (χ4v) is 2.65. The van der Waals surface area contributed by atoms with Crippen LogP contribution in [0.25, 0.3) is 0 Å². The van der Waals surface area contributed by atoms with E-state index in [1.807, 2.05) is 36.4 Å². The molecule has 1 amide bonds. The van der Waals surface area contributed by atoms with Gasteiger partial charge in [0.05, 0.1) is 12.2 Å². The fraction of sp³-hybridized carbons (Fsp3) is 0.235. The first-order valence-corrected chi connectivity index (χ1v) is 7.38. The SMILES string of the molecule is O=C(CCc1ccccc1)N1CCOc2ccc(Cl)cc21. The smallest absolute Gasteiger partial charge is 0.227 e. The van der Waals surface area contributed by atoms with Gasteiger partial charge in [0.15, 0.2) is 0 Å². The molecular weight excluding hydrogens is 286 g/mol. The summed E-state index contributed by atoms with van der Waals surface area (Å²) in [5.74, 6) is 0.824. The highest BCUT2D eigenvalue weighted by molar-refractivity contribution is 6.31. The van der Waals surface area contributed by atoms with E-state index in [-0.39, 0.29) is 5.91 Å². The summed E-state index contributed by atoms with van der Waals surface area (Å²) in [6.45, 7) is 1.09. The summed E-state index contributed by atoms with van der Waals surface area (Å²) in [4.78, 5) is 14.2. The van der Waals surface area contributed by atoms with Gasteiger partial charge in [-0.3, -0.25) is 4.79 Å². The number of carbonyl (C=O) groups is 1. The predicted octanol–water partition coefficient (Wildman–Crippen LogP) is 3.70. The number of hydrogen-bond acceptors (Lipinski definition) is 2. The van der Waals surface area contributed by atoms with Gasteiger partial charge in [-0.05, 0) is 30.2 Å². The summed E-state index contributed by atoms with van der Waals surface area (Å²) in [6.07, 6.45) is 1.23. The first-order chi connectivity index (χ1) is 10.2. The van der Waals surface area contributed by atoms with Crippen molar-refractivity contribution in [2.75, 3.05) is 18.1 Å². The molecule has 0 N–H and O–H groups in total. The lowest BCUT2D eigenvalue weighted by atomic mass is 10.1. The quantitative estimate of drug-likeness (QED) is 0.865. The highest BCUT2D eigenvalue weighted by atomic mass is 35.5. The number of anilines is 1. The molecule has 21 heavy (non-hydrogen) atoms. The third kappa shape index (κ3) is 3.19. The highest BCUT2D eigenvalue weighted by Gasteiger charge is 2.23. The van der Waals surface area contributed by atoms with Crippen molar-refractivity contribution < 1.29 is 9.53 Å². The minimum atomic E-state index is 0.102. The lowest BCUT2D eigenvalue weighted by Gasteiger charge is -2.29. The summed E-state index contributed by atoms with van der Waals surface area (Å²) >= 11 is 6.03. The maximum atomic E-state index is 12.5. The van der Waals surface area contributed by atoms with E-state index in [0.717, 1.165) is 17.9 Å². The Kier molecular flexibility index (Phi) is 4.11. The Morgan fingerprint density at radius 2 is 2.00 bits per heavy atom. The zero-order chi connectivity index (χ0) is 14.7. The molecule has 0 radical (unpaired) electrons. The largest absolute Gasteiger partial charge is 0.490 e. The van der Waals surface area contributed by atoms with E-state index < -0.39 is 0 Å². The van der Waals surface area contributed by atoms with Gasteiger partial charge in [0.25, 0.3) is 0 Å². The molecule has 3 nitrogen and oxygen atoms in total. The molecule has 0 saturated heterocycles. The van der Waals surface area contributed by atoms with Crippen LogP contribution in [0.5, 0.6) is 5.75 Å². The van der Waals surface area contributed by atoms with Crippen LogP contribution in [-0.2, 0) is 11.2 Å². The maximum absolute atomic E-state index is 12.5. The molecule has 0 aliphatic carbocycles. The van der Waals surface area contributed by atoms with Crippen LogP contribution < -0.4 is 9.64 Å². The van der Waals surface area contributed by atoms with E-state index in [1.165, 1.54) is 5.56 Å². The molecule has 0 aromatic heterocycles. The van der Waals surface area contributed by atoms with Crippen molar-refractivity contribution in [2.24, 2.45) is 0 Å². The lowest BCUT2D eigenvalue weighted by molar-refractivity contribution is -0.118. The number of nitrogens with zero attached hydrogens (tertiary/aromatic N) is 1. The van der Waals surface area contributed by atoms with Crippen LogP contribution >= 0.6 is 11.6 Å². The normalized spacial score (nSPS) is 13.5. The second kappa shape index (κ2) is 6.19. The van der Waals surface area contributed by atoms with Crippen molar-refractivity contribution >= 4 is 23.2 Å². The van der Waals surface area contributed by atoms with Gasteiger partial charge in [0.1, 0.15) is 12.4 Å². The number of aryl methyl sites for hydroxylation is 1. The number of halogens is 1. The molecule has 1 aliphatic heterocycles. The van der Waals surface area contributed by atoms with E-state index in [2.05, 4.69) is 0 Å². The molecule has 0 bridgehead atoms. The Labute approximate surface area is 129 Å². The van der Waals surface area contributed by atoms with Crippen molar-refractivity contribution in [2.45, 2.75) is 12.8 Å². The van der Waals surface area contributed by atoms with Gasteiger partial charge < -0.3 is 9.64 Å². The standard InChI is InChI=1S/C17H16ClNO2/c18-14-7-8-16-15(12-14)19(10-11-21-16)17(20)9-6-13-4-2-1-3-5-13/h1-5,7-8,12H,6,9-11H2. The summed E-state index contributed by atoms with van der Waals surface area (Å²) in [5.41, 5.74) is 1.94. The monoisotopic (exact) mass is 301 g/mol. The molecule has 0 fully saturated rings. The molecule has 0 saturated carbocycles. The number of carbonyl (C=O) groups excluding carboxylic acids is 1. The third-order valence-electron chi connectivity index (χ3n) is 3.56. The van der Waals surface area contributed by atoms with Gasteiger partial charge in [-0.1, -0.05) is 41.9 Å². The van der Waals surface area contributed by atoms with Crippen molar-refractivity contribution in [1.29, 1.82) is 0 Å². The van der Waals surface area contributed by atoms with Gasteiger partial charge in [-0.2, -0.15) is 0 Å². The Morgan fingerprint density at radius 1 is 1.19 bits per heavy atom. The average molecular weight is 302 g/mol. The van der Waals surface area contributed by atoms with Crippen LogP contribution in [0.15, 0.2) is 48.5 Å². The Hall–Kier alpha value is -2.00. The van der Waals surface area contributed by atoms with E-state index in [4.69, 9.17) is 16.3 Å². The van der Waals surface area contributed by atoms with Crippen molar-refractivity contribution in [3.05, 3.63) is 59.1 Å². The van der Waals surface area contributed by atoms with Crippen LogP contribution in [0.2, 0.25) is 5.02 Å². The summed E-state index contributed by atoms with van der Waals surface area (Å²) < 4.78 is 5.57. The maximum Gasteiger partial charge on any atom is 0.227 e. The van der Waals surface area contributed by atoms with Crippen molar-refractivity contribution in [3.63, 3.8) is 0 Å². The number of rotatable bonds is 3. The van der Waals surface area contributed by atoms with Crippen LogP contribution in [0.4, 0.5) is 5.69 Å². The molecule has 3 rings (SSSR count). The van der Waals surface area contributed by atoms with Gasteiger partial charge in [-0.25, -0.2) is 0 Å². The molecule has 4 heteroatoms. The van der Waals surface area contributed by atoms with E-state index in [0.29, 0.717) is 24.6 Å². The Bertz CT molecular complexity index is 642. The molecule has 108 valence electrons. The molecule has 0 atom stereocenters. The number of benzene rings is 2. The molecule has 2 aromatic carbocycles. The number of hydrogen-bond donors (Lipinski definition) is 0. The van der Waals surface area contributed by atoms with Gasteiger partial charge >= 0.3 is 0 Å². The van der Waals surface area contributed by atoms with E-state index >= 15 is 0 Å². The van der Waals surface area contributed by atoms with Crippen molar-refractivity contribution in [3.8, 4) is 5.75 Å². The summed E-state index contributed by atoms with van der Waals surface area (Å²) in [5, 5.41) is 0.611. The molecule has 0 unspecified atom stereocenters. The lowest BCUT2D eigenvalue weighted by Crippen LogP contribution is -2.38. The summed E-state index contributed by atoms with van der Waals surface area (Å²) in [6, 6.07) is 15.4. The third-order valence-corrected chi connectivity index (χ3v) is 3.79. The van der Waals surface area contributed by atoms with Crippen LogP contribution in [0.3, 0.4) is 0 Å². The molecular formula is C17H16ClNO2. The van der Waals surface area contributed by atoms with E-state index in [9.17, 15) is 4.79 Å². The molecule has 1 aliphatic rings. The van der Waals surface area contributed by atoms with Crippen LogP contribution in [0.1, 0.15) is 12.0 Å². The van der Waals surface area contributed by atoms with Gasteiger partial charge in [0.2, 0.25) is 5.91 Å². The molecule has 1 heterocycles. The summed E-state index contributed by atoms with van der Waals surface area (Å²) in [7, 11) is 0. The number of amides is 1.